The van der Waals surface area contributed by atoms with E-state index in [4.69, 9.17) is 16.3 Å². The fourth-order valence-corrected chi connectivity index (χ4v) is 2.72. The van der Waals surface area contributed by atoms with Crippen molar-refractivity contribution >= 4 is 39.4 Å². The van der Waals surface area contributed by atoms with Crippen LogP contribution in [0.2, 0.25) is 5.02 Å². The van der Waals surface area contributed by atoms with Crippen molar-refractivity contribution in [3.63, 3.8) is 0 Å². The van der Waals surface area contributed by atoms with E-state index in [1.54, 1.807) is 30.3 Å². The molecule has 2 aromatic rings. The number of esters is 1. The maximum atomic E-state index is 11.9. The molecule has 0 fully saturated rings. The minimum absolute atomic E-state index is 0.277. The first-order valence-electron chi connectivity index (χ1n) is 6.94. The van der Waals surface area contributed by atoms with Crippen molar-refractivity contribution in [2.45, 2.75) is 13.0 Å². The first kappa shape index (κ1) is 17.5. The summed E-state index contributed by atoms with van der Waals surface area (Å²) in [6.45, 7) is 1.47. The standard InChI is InChI=1S/C17H15BrClNO3/c1-11(14-7-2-3-8-15(14)19)20-16(21)10-23-17(22)12-5-4-6-13(18)9-12/h2-9,11H,10H2,1H3,(H,20,21)/t11-/m0/s1. The number of ether oxygens (including phenoxy) is 1. The van der Waals surface area contributed by atoms with Crippen molar-refractivity contribution in [2.75, 3.05) is 6.61 Å². The molecule has 0 aliphatic rings. The molecule has 1 atom stereocenters. The number of hydrogen-bond acceptors (Lipinski definition) is 3. The predicted molar refractivity (Wildman–Crippen MR) is 92.4 cm³/mol. The highest BCUT2D eigenvalue weighted by atomic mass is 79.9. The Balaban J connectivity index is 1.88. The van der Waals surface area contributed by atoms with Crippen LogP contribution in [-0.2, 0) is 9.53 Å². The molecule has 0 aliphatic carbocycles. The lowest BCUT2D eigenvalue weighted by Gasteiger charge is -2.15. The van der Waals surface area contributed by atoms with Gasteiger partial charge in [-0.1, -0.05) is 51.8 Å². The fraction of sp³-hybridized carbons (Fsp3) is 0.176. The van der Waals surface area contributed by atoms with Crippen LogP contribution in [0.25, 0.3) is 0 Å². The number of hydrogen-bond donors (Lipinski definition) is 1. The van der Waals surface area contributed by atoms with E-state index < -0.39 is 5.97 Å². The third kappa shape index (κ3) is 5.08. The highest BCUT2D eigenvalue weighted by Crippen LogP contribution is 2.22. The number of halogens is 2. The lowest BCUT2D eigenvalue weighted by molar-refractivity contribution is -0.124. The van der Waals surface area contributed by atoms with Crippen LogP contribution in [0.3, 0.4) is 0 Å². The van der Waals surface area contributed by atoms with Gasteiger partial charge in [-0.05, 0) is 36.8 Å². The Morgan fingerprint density at radius 1 is 1.22 bits per heavy atom. The molecule has 4 nitrogen and oxygen atoms in total. The summed E-state index contributed by atoms with van der Waals surface area (Å²) in [6.07, 6.45) is 0. The van der Waals surface area contributed by atoms with Gasteiger partial charge >= 0.3 is 5.97 Å². The Morgan fingerprint density at radius 2 is 1.96 bits per heavy atom. The molecule has 0 saturated heterocycles. The van der Waals surface area contributed by atoms with Gasteiger partial charge in [0.2, 0.25) is 0 Å². The molecule has 1 amide bonds. The molecule has 2 aromatic carbocycles. The van der Waals surface area contributed by atoms with Crippen LogP contribution in [0.4, 0.5) is 0 Å². The van der Waals surface area contributed by atoms with Crippen LogP contribution in [0, 0.1) is 0 Å². The molecule has 23 heavy (non-hydrogen) atoms. The Labute approximate surface area is 147 Å². The zero-order valence-corrected chi connectivity index (χ0v) is 14.7. The van der Waals surface area contributed by atoms with Gasteiger partial charge in [-0.2, -0.15) is 0 Å². The third-order valence-electron chi connectivity index (χ3n) is 3.14. The number of amides is 1. The van der Waals surface area contributed by atoms with E-state index in [1.807, 2.05) is 25.1 Å². The summed E-state index contributed by atoms with van der Waals surface area (Å²) in [6, 6.07) is 13.8. The van der Waals surface area contributed by atoms with Crippen LogP contribution in [0.5, 0.6) is 0 Å². The molecule has 1 N–H and O–H groups in total. The first-order chi connectivity index (χ1) is 11.0. The van der Waals surface area contributed by atoms with Crippen LogP contribution >= 0.6 is 27.5 Å². The topological polar surface area (TPSA) is 55.4 Å². The highest BCUT2D eigenvalue weighted by molar-refractivity contribution is 9.10. The number of benzene rings is 2. The molecule has 120 valence electrons. The van der Waals surface area contributed by atoms with E-state index in [2.05, 4.69) is 21.2 Å². The zero-order chi connectivity index (χ0) is 16.8. The van der Waals surface area contributed by atoms with Crippen molar-refractivity contribution < 1.29 is 14.3 Å². The number of carbonyl (C=O) groups is 2. The van der Waals surface area contributed by atoms with Gasteiger partial charge in [0, 0.05) is 9.50 Å². The van der Waals surface area contributed by atoms with E-state index in [0.717, 1.165) is 10.0 Å². The molecule has 0 aliphatic heterocycles. The SMILES string of the molecule is C[C@H](NC(=O)COC(=O)c1cccc(Br)c1)c1ccccc1Cl. The molecule has 6 heteroatoms. The number of rotatable bonds is 5. The maximum absolute atomic E-state index is 11.9. The summed E-state index contributed by atoms with van der Waals surface area (Å²) < 4.78 is 5.77. The highest BCUT2D eigenvalue weighted by Gasteiger charge is 2.14. The maximum Gasteiger partial charge on any atom is 0.338 e. The second-order valence-corrected chi connectivity index (χ2v) is 6.22. The molecule has 2 rings (SSSR count). The summed E-state index contributed by atoms with van der Waals surface area (Å²) in [5.41, 5.74) is 1.19. The predicted octanol–water partition coefficient (Wildman–Crippen LogP) is 4.14. The van der Waals surface area contributed by atoms with E-state index in [-0.39, 0.29) is 18.6 Å². The third-order valence-corrected chi connectivity index (χ3v) is 3.98. The van der Waals surface area contributed by atoms with Gasteiger partial charge in [-0.25, -0.2) is 4.79 Å². The minimum atomic E-state index is -0.549. The second kappa shape index (κ2) is 8.13. The van der Waals surface area contributed by atoms with Crippen molar-refractivity contribution in [3.05, 3.63) is 69.2 Å². The van der Waals surface area contributed by atoms with Crippen molar-refractivity contribution in [1.82, 2.24) is 5.32 Å². The fourth-order valence-electron chi connectivity index (χ4n) is 2.02. The Bertz CT molecular complexity index is 720. The second-order valence-electron chi connectivity index (χ2n) is 4.90. The van der Waals surface area contributed by atoms with Gasteiger partial charge in [0.05, 0.1) is 11.6 Å². The monoisotopic (exact) mass is 395 g/mol. The van der Waals surface area contributed by atoms with Gasteiger partial charge in [0.15, 0.2) is 6.61 Å². The van der Waals surface area contributed by atoms with E-state index in [1.165, 1.54) is 0 Å². The molecule has 0 aromatic heterocycles. The summed E-state index contributed by atoms with van der Waals surface area (Å²) in [7, 11) is 0. The van der Waals surface area contributed by atoms with Crippen LogP contribution in [0.15, 0.2) is 53.0 Å². The molecule has 0 bridgehead atoms. The van der Waals surface area contributed by atoms with E-state index >= 15 is 0 Å². The Hall–Kier alpha value is -1.85. The van der Waals surface area contributed by atoms with Crippen LogP contribution in [-0.4, -0.2) is 18.5 Å². The number of carbonyl (C=O) groups excluding carboxylic acids is 2. The van der Waals surface area contributed by atoms with Crippen LogP contribution < -0.4 is 5.32 Å². The lowest BCUT2D eigenvalue weighted by atomic mass is 10.1. The first-order valence-corrected chi connectivity index (χ1v) is 8.11. The lowest BCUT2D eigenvalue weighted by Crippen LogP contribution is -2.31. The largest absolute Gasteiger partial charge is 0.452 e. The Kier molecular flexibility index (Phi) is 6.19. The quantitative estimate of drug-likeness (QED) is 0.773. The van der Waals surface area contributed by atoms with Gasteiger partial charge in [0.25, 0.3) is 5.91 Å². The van der Waals surface area contributed by atoms with E-state index in [9.17, 15) is 9.59 Å². The summed E-state index contributed by atoms with van der Waals surface area (Å²) >= 11 is 9.36. The van der Waals surface area contributed by atoms with Gasteiger partial charge in [-0.3, -0.25) is 4.79 Å². The normalized spacial score (nSPS) is 11.6. The molecular formula is C17H15BrClNO3. The summed E-state index contributed by atoms with van der Waals surface area (Å²) in [4.78, 5) is 23.8. The average molecular weight is 397 g/mol. The molecule has 0 unspecified atom stereocenters. The van der Waals surface area contributed by atoms with E-state index in [0.29, 0.717) is 10.6 Å². The van der Waals surface area contributed by atoms with Gasteiger partial charge < -0.3 is 10.1 Å². The molecule has 0 heterocycles. The van der Waals surface area contributed by atoms with Gasteiger partial charge in [-0.15, -0.1) is 0 Å². The average Bonchev–Trinajstić information content (AvgIpc) is 2.53. The minimum Gasteiger partial charge on any atom is -0.452 e. The van der Waals surface area contributed by atoms with Crippen LogP contribution in [0.1, 0.15) is 28.9 Å². The molecular weight excluding hydrogens is 382 g/mol. The van der Waals surface area contributed by atoms with Crippen molar-refractivity contribution in [3.8, 4) is 0 Å². The molecule has 0 saturated carbocycles. The summed E-state index contributed by atoms with van der Waals surface area (Å²) in [5, 5.41) is 3.32. The van der Waals surface area contributed by atoms with Crippen molar-refractivity contribution in [1.29, 1.82) is 0 Å². The summed E-state index contributed by atoms with van der Waals surface area (Å²) in [5.74, 6) is -0.937. The molecule has 0 spiro atoms. The number of nitrogens with one attached hydrogen (secondary N) is 1. The van der Waals surface area contributed by atoms with Gasteiger partial charge in [0.1, 0.15) is 0 Å². The Morgan fingerprint density at radius 3 is 2.65 bits per heavy atom. The van der Waals surface area contributed by atoms with Crippen molar-refractivity contribution in [2.24, 2.45) is 0 Å². The zero-order valence-electron chi connectivity index (χ0n) is 12.4. The smallest absolute Gasteiger partial charge is 0.338 e. The molecule has 0 radical (unpaired) electrons.